The molecule has 0 saturated heterocycles. The Morgan fingerprint density at radius 1 is 1.05 bits per heavy atom. The number of benzene rings is 2. The number of hydrogen-bond acceptors (Lipinski definition) is 2. The molecule has 0 aliphatic heterocycles. The van der Waals surface area contributed by atoms with E-state index in [0.717, 1.165) is 25.8 Å². The highest BCUT2D eigenvalue weighted by atomic mass is 79.9. The summed E-state index contributed by atoms with van der Waals surface area (Å²) in [6.07, 6.45) is 3.57. The van der Waals surface area contributed by atoms with E-state index in [1.54, 1.807) is 0 Å². The standard InChI is InChI=1S/C17H15Br2NO/c1-20(12-5-3-2-4-6-12)16-8-7-11-9-14(18)15(19)10-13(11)17(16)21/h2-10,16-17,21H,1H3/t16-,17-/m0/s1. The van der Waals surface area contributed by atoms with Gasteiger partial charge in [0.05, 0.1) is 6.04 Å². The van der Waals surface area contributed by atoms with Gasteiger partial charge in [-0.3, -0.25) is 0 Å². The summed E-state index contributed by atoms with van der Waals surface area (Å²) in [5, 5.41) is 10.7. The first-order valence-electron chi connectivity index (χ1n) is 6.71. The number of aliphatic hydroxyl groups excluding tert-OH is 1. The minimum Gasteiger partial charge on any atom is -0.386 e. The molecular weight excluding hydrogens is 394 g/mol. The van der Waals surface area contributed by atoms with Crippen molar-refractivity contribution in [2.45, 2.75) is 12.1 Å². The highest BCUT2D eigenvalue weighted by molar-refractivity contribution is 9.13. The van der Waals surface area contributed by atoms with Crippen molar-refractivity contribution in [3.63, 3.8) is 0 Å². The van der Waals surface area contributed by atoms with E-state index in [2.05, 4.69) is 48.9 Å². The molecule has 21 heavy (non-hydrogen) atoms. The molecule has 1 N–H and O–H groups in total. The molecule has 0 amide bonds. The van der Waals surface area contributed by atoms with Gasteiger partial charge in [-0.15, -0.1) is 0 Å². The lowest BCUT2D eigenvalue weighted by Gasteiger charge is -2.34. The number of para-hydroxylation sites is 1. The van der Waals surface area contributed by atoms with Gasteiger partial charge in [0.2, 0.25) is 0 Å². The molecule has 0 saturated carbocycles. The smallest absolute Gasteiger partial charge is 0.103 e. The Hall–Kier alpha value is -1.10. The third kappa shape index (κ3) is 2.80. The lowest BCUT2D eigenvalue weighted by Crippen LogP contribution is -2.37. The number of rotatable bonds is 2. The first-order valence-corrected chi connectivity index (χ1v) is 8.29. The van der Waals surface area contributed by atoms with Gasteiger partial charge in [0.1, 0.15) is 6.10 Å². The Morgan fingerprint density at radius 2 is 1.71 bits per heavy atom. The molecular formula is C17H15Br2NO. The normalized spacial score (nSPS) is 20.2. The molecule has 2 aromatic carbocycles. The van der Waals surface area contributed by atoms with Gasteiger partial charge in [0, 0.05) is 21.7 Å². The molecule has 4 heteroatoms. The van der Waals surface area contributed by atoms with E-state index < -0.39 is 6.10 Å². The third-order valence-corrected chi connectivity index (χ3v) is 5.70. The van der Waals surface area contributed by atoms with Crippen LogP contribution >= 0.6 is 31.9 Å². The maximum Gasteiger partial charge on any atom is 0.103 e. The van der Waals surface area contributed by atoms with Crippen LogP contribution in [-0.4, -0.2) is 18.2 Å². The summed E-state index contributed by atoms with van der Waals surface area (Å²) in [6, 6.07) is 14.0. The topological polar surface area (TPSA) is 23.5 Å². The first-order chi connectivity index (χ1) is 10.1. The predicted molar refractivity (Wildman–Crippen MR) is 94.5 cm³/mol. The van der Waals surface area contributed by atoms with Crippen LogP contribution < -0.4 is 4.90 Å². The zero-order valence-electron chi connectivity index (χ0n) is 11.5. The van der Waals surface area contributed by atoms with Gasteiger partial charge < -0.3 is 10.0 Å². The van der Waals surface area contributed by atoms with Crippen LogP contribution in [0.2, 0.25) is 0 Å². The molecule has 0 heterocycles. The first kappa shape index (κ1) is 14.8. The van der Waals surface area contributed by atoms with Crippen LogP contribution in [0.1, 0.15) is 17.2 Å². The molecule has 0 unspecified atom stereocenters. The summed E-state index contributed by atoms with van der Waals surface area (Å²) in [5.41, 5.74) is 3.08. The molecule has 1 aliphatic rings. The number of anilines is 1. The van der Waals surface area contributed by atoms with E-state index in [1.165, 1.54) is 0 Å². The highest BCUT2D eigenvalue weighted by Gasteiger charge is 2.28. The van der Waals surface area contributed by atoms with Gasteiger partial charge in [0.25, 0.3) is 0 Å². The minimum absolute atomic E-state index is 0.0759. The molecule has 0 fully saturated rings. The van der Waals surface area contributed by atoms with Crippen molar-refractivity contribution in [2.24, 2.45) is 0 Å². The van der Waals surface area contributed by atoms with Gasteiger partial charge in [-0.25, -0.2) is 0 Å². The summed E-state index contributed by atoms with van der Waals surface area (Å²) in [5.74, 6) is 0. The highest BCUT2D eigenvalue weighted by Crippen LogP contribution is 2.37. The van der Waals surface area contributed by atoms with E-state index in [0.29, 0.717) is 0 Å². The molecule has 0 radical (unpaired) electrons. The SMILES string of the molecule is CN(c1ccccc1)[C@H]1C=Cc2cc(Br)c(Br)cc2[C@@H]1O. The molecule has 3 rings (SSSR count). The van der Waals surface area contributed by atoms with Crippen molar-refractivity contribution in [3.05, 3.63) is 68.6 Å². The maximum absolute atomic E-state index is 10.7. The van der Waals surface area contributed by atoms with Gasteiger partial charge in [0.15, 0.2) is 0 Å². The van der Waals surface area contributed by atoms with Crippen molar-refractivity contribution in [2.75, 3.05) is 11.9 Å². The van der Waals surface area contributed by atoms with E-state index >= 15 is 0 Å². The van der Waals surface area contributed by atoms with Crippen LogP contribution in [0.3, 0.4) is 0 Å². The number of hydrogen-bond donors (Lipinski definition) is 1. The summed E-state index contributed by atoms with van der Waals surface area (Å²) in [6.45, 7) is 0. The minimum atomic E-state index is -0.556. The summed E-state index contributed by atoms with van der Waals surface area (Å²) < 4.78 is 1.95. The molecule has 0 bridgehead atoms. The Labute approximate surface area is 141 Å². The Kier molecular flexibility index (Phi) is 4.20. The van der Waals surface area contributed by atoms with Crippen LogP contribution in [0.4, 0.5) is 5.69 Å². The molecule has 2 aromatic rings. The predicted octanol–water partition coefficient (Wildman–Crippen LogP) is 4.78. The van der Waals surface area contributed by atoms with E-state index in [1.807, 2.05) is 49.5 Å². The van der Waals surface area contributed by atoms with Crippen molar-refractivity contribution in [1.29, 1.82) is 0 Å². The van der Waals surface area contributed by atoms with Crippen LogP contribution in [0.25, 0.3) is 6.08 Å². The molecule has 108 valence electrons. The maximum atomic E-state index is 10.7. The molecule has 2 nitrogen and oxygen atoms in total. The quantitative estimate of drug-likeness (QED) is 0.772. The number of likely N-dealkylation sites (N-methyl/N-ethyl adjacent to an activating group) is 1. The van der Waals surface area contributed by atoms with E-state index in [-0.39, 0.29) is 6.04 Å². The molecule has 0 aromatic heterocycles. The van der Waals surface area contributed by atoms with Gasteiger partial charge in [-0.2, -0.15) is 0 Å². The van der Waals surface area contributed by atoms with Crippen molar-refractivity contribution in [3.8, 4) is 0 Å². The second-order valence-electron chi connectivity index (χ2n) is 5.14. The lowest BCUT2D eigenvalue weighted by atomic mass is 9.90. The number of aliphatic hydroxyl groups is 1. The van der Waals surface area contributed by atoms with Crippen LogP contribution in [0, 0.1) is 0 Å². The summed E-state index contributed by atoms with van der Waals surface area (Å²) >= 11 is 7.01. The van der Waals surface area contributed by atoms with Crippen molar-refractivity contribution >= 4 is 43.6 Å². The van der Waals surface area contributed by atoms with Crippen LogP contribution in [0.15, 0.2) is 57.5 Å². The monoisotopic (exact) mass is 407 g/mol. The largest absolute Gasteiger partial charge is 0.386 e. The number of fused-ring (bicyclic) bond motifs is 1. The van der Waals surface area contributed by atoms with Crippen LogP contribution in [-0.2, 0) is 0 Å². The number of halogens is 2. The Bertz CT molecular complexity index is 685. The van der Waals surface area contributed by atoms with E-state index in [9.17, 15) is 5.11 Å². The molecule has 1 aliphatic carbocycles. The van der Waals surface area contributed by atoms with Gasteiger partial charge in [-0.1, -0.05) is 30.4 Å². The zero-order chi connectivity index (χ0) is 15.0. The fourth-order valence-electron chi connectivity index (χ4n) is 2.65. The zero-order valence-corrected chi connectivity index (χ0v) is 14.7. The average Bonchev–Trinajstić information content (AvgIpc) is 2.50. The van der Waals surface area contributed by atoms with Crippen molar-refractivity contribution in [1.82, 2.24) is 0 Å². The molecule has 0 spiro atoms. The molecule has 2 atom stereocenters. The Balaban J connectivity index is 1.96. The second kappa shape index (κ2) is 5.95. The van der Waals surface area contributed by atoms with E-state index in [4.69, 9.17) is 0 Å². The fraction of sp³-hybridized carbons (Fsp3) is 0.176. The van der Waals surface area contributed by atoms with Crippen LogP contribution in [0.5, 0.6) is 0 Å². The third-order valence-electron chi connectivity index (χ3n) is 3.85. The lowest BCUT2D eigenvalue weighted by molar-refractivity contribution is 0.159. The summed E-state index contributed by atoms with van der Waals surface area (Å²) in [4.78, 5) is 2.10. The second-order valence-corrected chi connectivity index (χ2v) is 6.84. The number of nitrogens with zero attached hydrogens (tertiary/aromatic N) is 1. The van der Waals surface area contributed by atoms with Crippen molar-refractivity contribution < 1.29 is 5.11 Å². The average molecular weight is 409 g/mol. The summed E-state index contributed by atoms with van der Waals surface area (Å²) in [7, 11) is 2.01. The fourth-order valence-corrected chi connectivity index (χ4v) is 3.37. The van der Waals surface area contributed by atoms with Gasteiger partial charge >= 0.3 is 0 Å². The van der Waals surface area contributed by atoms with Gasteiger partial charge in [-0.05, 0) is 67.3 Å². The Morgan fingerprint density at radius 3 is 2.43 bits per heavy atom.